The number of pyridine rings is 1. The van der Waals surface area contributed by atoms with Crippen LogP contribution in [0.25, 0.3) is 10.8 Å². The first-order valence-electron chi connectivity index (χ1n) is 7.50. The summed E-state index contributed by atoms with van der Waals surface area (Å²) in [4.78, 5) is 4.39. The molecule has 1 aromatic heterocycles. The molecule has 1 aromatic carbocycles. The van der Waals surface area contributed by atoms with Gasteiger partial charge < -0.3 is 14.6 Å². The van der Waals surface area contributed by atoms with Crippen LogP contribution >= 0.6 is 0 Å². The van der Waals surface area contributed by atoms with E-state index >= 15 is 0 Å². The monoisotopic (exact) mass is 287 g/mol. The Morgan fingerprint density at radius 3 is 2.71 bits per heavy atom. The average Bonchev–Trinajstić information content (AvgIpc) is 2.55. The summed E-state index contributed by atoms with van der Waals surface area (Å²) in [5, 5.41) is 11.3. The maximum absolute atomic E-state index is 9.20. The fourth-order valence-electron chi connectivity index (χ4n) is 2.93. The standard InChI is InChI=1S/C17H21NO3/c1-20-15-7-4-13-8-9-18-17(16(13)10-15)21-14-5-2-12(11-19)3-6-14/h4,7-10,12,14,19H,2-3,5-6,11H2,1H3. The Morgan fingerprint density at radius 1 is 1.19 bits per heavy atom. The summed E-state index contributed by atoms with van der Waals surface area (Å²) in [6.45, 7) is 0.288. The van der Waals surface area contributed by atoms with E-state index < -0.39 is 0 Å². The predicted molar refractivity (Wildman–Crippen MR) is 81.8 cm³/mol. The minimum absolute atomic E-state index is 0.192. The molecule has 1 saturated carbocycles. The fourth-order valence-corrected chi connectivity index (χ4v) is 2.93. The zero-order chi connectivity index (χ0) is 14.7. The molecule has 21 heavy (non-hydrogen) atoms. The van der Waals surface area contributed by atoms with Gasteiger partial charge in [-0.15, -0.1) is 0 Å². The molecule has 0 bridgehead atoms. The van der Waals surface area contributed by atoms with Gasteiger partial charge in [0, 0.05) is 18.2 Å². The molecule has 3 rings (SSSR count). The Balaban J connectivity index is 1.80. The zero-order valence-corrected chi connectivity index (χ0v) is 12.3. The van der Waals surface area contributed by atoms with E-state index in [2.05, 4.69) is 4.98 Å². The van der Waals surface area contributed by atoms with Crippen molar-refractivity contribution in [2.24, 2.45) is 5.92 Å². The van der Waals surface area contributed by atoms with Crippen LogP contribution in [0.1, 0.15) is 25.7 Å². The molecule has 1 aliphatic rings. The summed E-state index contributed by atoms with van der Waals surface area (Å²) >= 11 is 0. The highest BCUT2D eigenvalue weighted by Gasteiger charge is 2.22. The minimum Gasteiger partial charge on any atom is -0.497 e. The molecule has 0 atom stereocenters. The number of ether oxygens (including phenoxy) is 2. The quantitative estimate of drug-likeness (QED) is 0.938. The third-order valence-corrected chi connectivity index (χ3v) is 4.27. The van der Waals surface area contributed by atoms with Gasteiger partial charge in [0.2, 0.25) is 5.88 Å². The fraction of sp³-hybridized carbons (Fsp3) is 0.471. The summed E-state index contributed by atoms with van der Waals surface area (Å²) in [7, 11) is 1.66. The normalized spacial score (nSPS) is 22.2. The van der Waals surface area contributed by atoms with Gasteiger partial charge in [0.05, 0.1) is 7.11 Å². The van der Waals surface area contributed by atoms with Gasteiger partial charge in [0.1, 0.15) is 11.9 Å². The molecule has 4 heteroatoms. The van der Waals surface area contributed by atoms with Crippen LogP contribution in [0, 0.1) is 5.92 Å². The van der Waals surface area contributed by atoms with Gasteiger partial charge in [-0.1, -0.05) is 6.07 Å². The lowest BCUT2D eigenvalue weighted by molar-refractivity contribution is 0.102. The minimum atomic E-state index is 0.192. The second kappa shape index (κ2) is 6.31. The van der Waals surface area contributed by atoms with Crippen molar-refractivity contribution >= 4 is 10.8 Å². The van der Waals surface area contributed by atoms with Crippen LogP contribution < -0.4 is 9.47 Å². The van der Waals surface area contributed by atoms with E-state index in [1.165, 1.54) is 0 Å². The Hall–Kier alpha value is -1.81. The van der Waals surface area contributed by atoms with E-state index in [-0.39, 0.29) is 12.7 Å². The Kier molecular flexibility index (Phi) is 4.25. The average molecular weight is 287 g/mol. The van der Waals surface area contributed by atoms with Crippen molar-refractivity contribution in [3.05, 3.63) is 30.5 Å². The van der Waals surface area contributed by atoms with E-state index in [4.69, 9.17) is 9.47 Å². The maximum Gasteiger partial charge on any atom is 0.221 e. The highest BCUT2D eigenvalue weighted by molar-refractivity contribution is 5.87. The number of rotatable bonds is 4. The number of aliphatic hydroxyl groups excluding tert-OH is 1. The number of benzene rings is 1. The van der Waals surface area contributed by atoms with Crippen LogP contribution in [0.5, 0.6) is 11.6 Å². The van der Waals surface area contributed by atoms with E-state index in [1.807, 2.05) is 24.3 Å². The predicted octanol–water partition coefficient (Wildman–Crippen LogP) is 3.17. The van der Waals surface area contributed by atoms with Crippen LogP contribution in [-0.2, 0) is 0 Å². The number of fused-ring (bicyclic) bond motifs is 1. The first kappa shape index (κ1) is 14.1. The smallest absolute Gasteiger partial charge is 0.221 e. The molecule has 0 unspecified atom stereocenters. The molecule has 0 spiro atoms. The number of methoxy groups -OCH3 is 1. The molecule has 112 valence electrons. The van der Waals surface area contributed by atoms with E-state index in [9.17, 15) is 5.11 Å². The summed E-state index contributed by atoms with van der Waals surface area (Å²) < 4.78 is 11.4. The number of aromatic nitrogens is 1. The largest absolute Gasteiger partial charge is 0.497 e. The second-order valence-corrected chi connectivity index (χ2v) is 5.65. The third kappa shape index (κ3) is 3.10. The molecule has 2 aromatic rings. The van der Waals surface area contributed by atoms with Crippen molar-refractivity contribution in [3.63, 3.8) is 0 Å². The lowest BCUT2D eigenvalue weighted by Gasteiger charge is -2.27. The van der Waals surface area contributed by atoms with Gasteiger partial charge in [-0.3, -0.25) is 0 Å². The molecular weight excluding hydrogens is 266 g/mol. The van der Waals surface area contributed by atoms with Gasteiger partial charge in [-0.2, -0.15) is 0 Å². The van der Waals surface area contributed by atoms with Crippen molar-refractivity contribution in [1.82, 2.24) is 4.98 Å². The van der Waals surface area contributed by atoms with Crippen molar-refractivity contribution in [3.8, 4) is 11.6 Å². The van der Waals surface area contributed by atoms with Gasteiger partial charge in [0.15, 0.2) is 0 Å². The van der Waals surface area contributed by atoms with Crippen molar-refractivity contribution < 1.29 is 14.6 Å². The van der Waals surface area contributed by atoms with E-state index in [0.29, 0.717) is 11.8 Å². The lowest BCUT2D eigenvalue weighted by Crippen LogP contribution is -2.25. The molecule has 4 nitrogen and oxygen atoms in total. The maximum atomic E-state index is 9.20. The summed E-state index contributed by atoms with van der Waals surface area (Å²) in [6.07, 6.45) is 5.98. The van der Waals surface area contributed by atoms with E-state index in [1.54, 1.807) is 13.3 Å². The first-order valence-corrected chi connectivity index (χ1v) is 7.50. The third-order valence-electron chi connectivity index (χ3n) is 4.27. The summed E-state index contributed by atoms with van der Waals surface area (Å²) in [6, 6.07) is 7.91. The van der Waals surface area contributed by atoms with Crippen molar-refractivity contribution in [1.29, 1.82) is 0 Å². The Bertz CT molecular complexity index is 606. The van der Waals surface area contributed by atoms with E-state index in [0.717, 1.165) is 42.2 Å². The van der Waals surface area contributed by atoms with Crippen molar-refractivity contribution in [2.45, 2.75) is 31.8 Å². The topological polar surface area (TPSA) is 51.6 Å². The number of hydrogen-bond acceptors (Lipinski definition) is 4. The first-order chi connectivity index (χ1) is 10.3. The van der Waals surface area contributed by atoms with Gasteiger partial charge in [0.25, 0.3) is 0 Å². The molecule has 1 heterocycles. The van der Waals surface area contributed by atoms with Gasteiger partial charge in [-0.25, -0.2) is 4.98 Å². The second-order valence-electron chi connectivity index (χ2n) is 5.65. The lowest BCUT2D eigenvalue weighted by atomic mass is 9.88. The molecule has 1 N–H and O–H groups in total. The van der Waals surface area contributed by atoms with Crippen LogP contribution in [0.4, 0.5) is 0 Å². The van der Waals surface area contributed by atoms with Crippen LogP contribution in [0.2, 0.25) is 0 Å². The molecule has 1 aliphatic carbocycles. The van der Waals surface area contributed by atoms with Crippen LogP contribution in [0.3, 0.4) is 0 Å². The van der Waals surface area contributed by atoms with Gasteiger partial charge in [-0.05, 0) is 55.2 Å². The number of aliphatic hydroxyl groups is 1. The summed E-state index contributed by atoms with van der Waals surface area (Å²) in [5.41, 5.74) is 0. The molecule has 0 radical (unpaired) electrons. The number of nitrogens with zero attached hydrogens (tertiary/aromatic N) is 1. The number of hydrogen-bond donors (Lipinski definition) is 1. The Labute approximate surface area is 124 Å². The molecule has 0 saturated heterocycles. The highest BCUT2D eigenvalue weighted by atomic mass is 16.5. The SMILES string of the molecule is COc1ccc2ccnc(OC3CCC(CO)CC3)c2c1. The van der Waals surface area contributed by atoms with Crippen molar-refractivity contribution in [2.75, 3.05) is 13.7 Å². The zero-order valence-electron chi connectivity index (χ0n) is 12.3. The Morgan fingerprint density at radius 2 is 2.00 bits per heavy atom. The van der Waals surface area contributed by atoms with Gasteiger partial charge >= 0.3 is 0 Å². The molecule has 0 amide bonds. The molecule has 0 aliphatic heterocycles. The molecule has 1 fully saturated rings. The molecular formula is C17H21NO3. The van der Waals surface area contributed by atoms with Crippen LogP contribution in [0.15, 0.2) is 30.5 Å². The van der Waals surface area contributed by atoms with Crippen LogP contribution in [-0.4, -0.2) is 29.9 Å². The summed E-state index contributed by atoms with van der Waals surface area (Å²) in [5.74, 6) is 1.92. The highest BCUT2D eigenvalue weighted by Crippen LogP contribution is 2.31.